The number of ketones is 1. The van der Waals surface area contributed by atoms with E-state index in [9.17, 15) is 4.79 Å². The number of halogens is 1. The van der Waals surface area contributed by atoms with Gasteiger partial charge in [-0.3, -0.25) is 4.79 Å². The number of carbonyl (C=O) groups excluding carboxylic acids is 1. The molecule has 0 aromatic heterocycles. The van der Waals surface area contributed by atoms with Gasteiger partial charge >= 0.3 is 0 Å². The quantitative estimate of drug-likeness (QED) is 0.358. The second kappa shape index (κ2) is 4.17. The molecule has 0 heterocycles. The first kappa shape index (κ1) is 11.8. The van der Waals surface area contributed by atoms with Crippen molar-refractivity contribution in [1.82, 2.24) is 0 Å². The van der Waals surface area contributed by atoms with Crippen molar-refractivity contribution in [2.24, 2.45) is 5.92 Å². The number of hydrogen-bond acceptors (Lipinski definition) is 2. The number of carbonyl (C=O) groups is 1. The van der Waals surface area contributed by atoms with E-state index in [1.807, 2.05) is 28.6 Å². The summed E-state index contributed by atoms with van der Waals surface area (Å²) in [5.74, 6) is 0.303. The molecule has 4 heteroatoms. The van der Waals surface area contributed by atoms with Gasteiger partial charge in [0.05, 0.1) is 4.65 Å². The molecule has 0 rings (SSSR count). The maximum absolute atomic E-state index is 11.5. The second-order valence-electron chi connectivity index (χ2n) is 3.28. The molecule has 1 nitrogen and oxygen atoms in total. The average Bonchev–Trinajstić information content (AvgIpc) is 1.85. The van der Waals surface area contributed by atoms with Gasteiger partial charge in [0, 0.05) is 9.84 Å². The van der Waals surface area contributed by atoms with Crippen LogP contribution in [0, 0.1) is 5.92 Å². The predicted molar refractivity (Wildman–Crippen MR) is 63.6 cm³/mol. The molecule has 64 valence electrons. The lowest BCUT2D eigenvalue weighted by molar-refractivity contribution is -0.122. The SMILES string of the molecule is BC(S)(C(=O)C(C)C)C(C)I. The van der Waals surface area contributed by atoms with E-state index >= 15 is 0 Å². The molecule has 0 aromatic carbocycles. The van der Waals surface area contributed by atoms with Gasteiger partial charge in [0.25, 0.3) is 0 Å². The normalized spacial score (nSPS) is 19.5. The summed E-state index contributed by atoms with van der Waals surface area (Å²) < 4.78 is -0.215. The lowest BCUT2D eigenvalue weighted by Crippen LogP contribution is -2.43. The van der Waals surface area contributed by atoms with E-state index in [-0.39, 0.29) is 15.6 Å². The fourth-order valence-electron chi connectivity index (χ4n) is 0.780. The van der Waals surface area contributed by atoms with Gasteiger partial charge in [-0.25, -0.2) is 0 Å². The molecule has 0 saturated carbocycles. The van der Waals surface area contributed by atoms with Gasteiger partial charge in [-0.1, -0.05) is 43.4 Å². The number of Topliss-reactive ketones (excluding diaryl/α,β-unsaturated/α-hetero) is 1. The highest BCUT2D eigenvalue weighted by atomic mass is 127. The van der Waals surface area contributed by atoms with E-state index in [1.54, 1.807) is 0 Å². The summed E-state index contributed by atoms with van der Waals surface area (Å²) in [4.78, 5) is 11.5. The highest BCUT2D eigenvalue weighted by Gasteiger charge is 2.34. The van der Waals surface area contributed by atoms with Crippen molar-refractivity contribution in [3.63, 3.8) is 0 Å². The van der Waals surface area contributed by atoms with Crippen LogP contribution in [0.2, 0.25) is 0 Å². The van der Waals surface area contributed by atoms with Crippen LogP contribution in [0.1, 0.15) is 20.8 Å². The number of alkyl halides is 1. The Morgan fingerprint density at radius 2 is 1.91 bits per heavy atom. The molecular formula is C7H14BIOS. The van der Waals surface area contributed by atoms with Gasteiger partial charge in [-0.2, -0.15) is 12.6 Å². The first-order chi connectivity index (χ1) is 4.80. The standard InChI is InChI=1S/C7H14BIOS/c1-4(2)6(10)7(8,11)5(3)9/h4-5,11H,8H2,1-3H3. The van der Waals surface area contributed by atoms with Crippen molar-refractivity contribution in [3.05, 3.63) is 0 Å². The molecule has 0 saturated heterocycles. The summed E-state index contributed by atoms with van der Waals surface area (Å²) in [6, 6.07) is 0. The third-order valence-corrected chi connectivity index (χ3v) is 4.14. The first-order valence-corrected chi connectivity index (χ1v) is 5.40. The zero-order valence-electron chi connectivity index (χ0n) is 7.39. The van der Waals surface area contributed by atoms with Gasteiger partial charge in [-0.05, 0) is 0 Å². The summed E-state index contributed by atoms with van der Waals surface area (Å²) in [6.45, 7) is 5.83. The Kier molecular flexibility index (Phi) is 4.47. The Hall–Kier alpha value is 0.815. The largest absolute Gasteiger partial charge is 0.299 e. The Morgan fingerprint density at radius 3 is 2.00 bits per heavy atom. The molecule has 0 N–H and O–H groups in total. The first-order valence-electron chi connectivity index (χ1n) is 3.71. The third-order valence-electron chi connectivity index (χ3n) is 1.80. The van der Waals surface area contributed by atoms with E-state index in [0.29, 0.717) is 0 Å². The Bertz CT molecular complexity index is 157. The molecule has 0 spiro atoms. The van der Waals surface area contributed by atoms with Crippen molar-refractivity contribution in [1.29, 1.82) is 0 Å². The number of thiol groups is 1. The van der Waals surface area contributed by atoms with Gasteiger partial charge < -0.3 is 0 Å². The lowest BCUT2D eigenvalue weighted by Gasteiger charge is -2.27. The molecule has 0 aliphatic heterocycles. The molecule has 0 aromatic rings. The summed E-state index contributed by atoms with van der Waals surface area (Å²) >= 11 is 6.60. The zero-order chi connectivity index (χ0) is 9.23. The summed E-state index contributed by atoms with van der Waals surface area (Å²) in [7, 11) is 1.88. The fourth-order valence-corrected chi connectivity index (χ4v) is 1.35. The Morgan fingerprint density at radius 1 is 1.55 bits per heavy atom. The third kappa shape index (κ3) is 2.97. The molecule has 2 unspecified atom stereocenters. The molecule has 0 aliphatic carbocycles. The molecule has 0 radical (unpaired) electrons. The number of rotatable bonds is 3. The molecule has 2 atom stereocenters. The second-order valence-corrected chi connectivity index (χ2v) is 6.08. The van der Waals surface area contributed by atoms with Crippen molar-refractivity contribution in [2.75, 3.05) is 0 Å². The van der Waals surface area contributed by atoms with Crippen molar-refractivity contribution >= 4 is 48.8 Å². The van der Waals surface area contributed by atoms with Crippen LogP contribution >= 0.6 is 35.2 Å². The lowest BCUT2D eigenvalue weighted by atomic mass is 9.76. The van der Waals surface area contributed by atoms with Gasteiger partial charge in [0.2, 0.25) is 0 Å². The fraction of sp³-hybridized carbons (Fsp3) is 0.857. The van der Waals surface area contributed by atoms with E-state index in [2.05, 4.69) is 35.2 Å². The van der Waals surface area contributed by atoms with Crippen LogP contribution in [0.15, 0.2) is 0 Å². The molecule has 11 heavy (non-hydrogen) atoms. The van der Waals surface area contributed by atoms with Crippen molar-refractivity contribution in [3.8, 4) is 0 Å². The molecule has 0 bridgehead atoms. The smallest absolute Gasteiger partial charge is 0.143 e. The van der Waals surface area contributed by atoms with Crippen LogP contribution in [-0.4, -0.2) is 22.2 Å². The van der Waals surface area contributed by atoms with Crippen LogP contribution < -0.4 is 0 Å². The molecule has 0 fully saturated rings. The van der Waals surface area contributed by atoms with Crippen LogP contribution in [0.3, 0.4) is 0 Å². The Balaban J connectivity index is 4.43. The van der Waals surface area contributed by atoms with Gasteiger partial charge in [0.1, 0.15) is 13.6 Å². The maximum atomic E-state index is 11.5. The van der Waals surface area contributed by atoms with E-state index in [0.717, 1.165) is 0 Å². The minimum Gasteiger partial charge on any atom is -0.299 e. The molecule has 0 aliphatic rings. The van der Waals surface area contributed by atoms with E-state index in [1.165, 1.54) is 0 Å². The zero-order valence-corrected chi connectivity index (χ0v) is 10.4. The van der Waals surface area contributed by atoms with Crippen LogP contribution in [0.25, 0.3) is 0 Å². The highest BCUT2D eigenvalue weighted by Crippen LogP contribution is 2.25. The minimum atomic E-state index is -0.477. The average molecular weight is 284 g/mol. The van der Waals surface area contributed by atoms with Gasteiger partial charge in [-0.15, -0.1) is 0 Å². The maximum Gasteiger partial charge on any atom is 0.143 e. The molecular weight excluding hydrogens is 270 g/mol. The topological polar surface area (TPSA) is 17.1 Å². The summed E-state index contributed by atoms with van der Waals surface area (Å²) in [5.41, 5.74) is 0. The predicted octanol–water partition coefficient (Wildman–Crippen LogP) is 1.29. The van der Waals surface area contributed by atoms with Gasteiger partial charge in [0.15, 0.2) is 0 Å². The van der Waals surface area contributed by atoms with Crippen LogP contribution in [0.5, 0.6) is 0 Å². The van der Waals surface area contributed by atoms with Crippen molar-refractivity contribution < 1.29 is 4.79 Å². The molecule has 0 amide bonds. The summed E-state index contributed by atoms with van der Waals surface area (Å²) in [5, 5.41) is 0. The monoisotopic (exact) mass is 284 g/mol. The van der Waals surface area contributed by atoms with Crippen LogP contribution in [0.4, 0.5) is 0 Å². The van der Waals surface area contributed by atoms with Crippen molar-refractivity contribution in [2.45, 2.75) is 29.3 Å². The summed E-state index contributed by atoms with van der Waals surface area (Å²) in [6.07, 6.45) is 0. The highest BCUT2D eigenvalue weighted by molar-refractivity contribution is 14.1. The number of hydrogen-bond donors (Lipinski definition) is 1. The van der Waals surface area contributed by atoms with E-state index in [4.69, 9.17) is 0 Å². The minimum absolute atomic E-state index is 0.0784. The van der Waals surface area contributed by atoms with E-state index < -0.39 is 4.65 Å². The van der Waals surface area contributed by atoms with Crippen LogP contribution in [-0.2, 0) is 4.79 Å². The Labute approximate surface area is 88.7 Å².